The lowest BCUT2D eigenvalue weighted by Gasteiger charge is -2.40. The lowest BCUT2D eigenvalue weighted by Crippen LogP contribution is -2.60. The van der Waals surface area contributed by atoms with Crippen LogP contribution in [0.4, 0.5) is 0 Å². The van der Waals surface area contributed by atoms with Crippen molar-refractivity contribution in [3.05, 3.63) is 23.9 Å². The summed E-state index contributed by atoms with van der Waals surface area (Å²) < 4.78 is 4.80. The minimum atomic E-state index is -0.785. The fourth-order valence-electron chi connectivity index (χ4n) is 3.41. The van der Waals surface area contributed by atoms with Crippen LogP contribution in [0.25, 0.3) is 0 Å². The molecule has 3 atom stereocenters. The molecule has 4 amide bonds. The lowest BCUT2D eigenvalue weighted by molar-refractivity contribution is -0.144. The van der Waals surface area contributed by atoms with Crippen molar-refractivity contribution in [3.8, 4) is 0 Å². The normalized spacial score (nSPS) is 28.2. The van der Waals surface area contributed by atoms with E-state index >= 15 is 0 Å². The van der Waals surface area contributed by atoms with Crippen LogP contribution in [0.1, 0.15) is 19.8 Å². The molecule has 0 radical (unpaired) electrons. The number of carbonyl (C=O) groups excluding carboxylic acids is 4. The Morgan fingerprint density at radius 3 is 2.88 bits per heavy atom. The Balaban J connectivity index is 1.87. The number of hydrogen-bond donors (Lipinski definition) is 2. The average Bonchev–Trinajstić information content (AvgIpc) is 2.56. The van der Waals surface area contributed by atoms with Gasteiger partial charge < -0.3 is 10.1 Å². The SMILES string of the molecule is COCC(=O)NC1=CC=CC2N=C(C)N(C3CCC(=O)NC3=O)C(=O)C12. The van der Waals surface area contributed by atoms with Crippen LogP contribution in [0, 0.1) is 5.92 Å². The second kappa shape index (κ2) is 7.20. The van der Waals surface area contributed by atoms with Crippen molar-refractivity contribution in [1.29, 1.82) is 0 Å². The van der Waals surface area contributed by atoms with E-state index in [1.807, 2.05) is 0 Å². The van der Waals surface area contributed by atoms with Crippen LogP contribution in [-0.2, 0) is 23.9 Å². The molecular weight excluding hydrogens is 340 g/mol. The summed E-state index contributed by atoms with van der Waals surface area (Å²) in [5, 5.41) is 4.94. The summed E-state index contributed by atoms with van der Waals surface area (Å²) in [6.45, 7) is 1.53. The molecule has 2 N–H and O–H groups in total. The van der Waals surface area contributed by atoms with Crippen LogP contribution >= 0.6 is 0 Å². The van der Waals surface area contributed by atoms with Crippen molar-refractivity contribution in [2.45, 2.75) is 31.8 Å². The van der Waals surface area contributed by atoms with E-state index in [2.05, 4.69) is 15.6 Å². The number of nitrogens with one attached hydrogen (secondary N) is 2. The number of piperidine rings is 1. The number of carbonyl (C=O) groups is 4. The number of fused-ring (bicyclic) bond motifs is 1. The molecule has 2 aliphatic heterocycles. The van der Waals surface area contributed by atoms with Crippen LogP contribution in [0.3, 0.4) is 0 Å². The van der Waals surface area contributed by atoms with Crippen LogP contribution in [0.5, 0.6) is 0 Å². The molecule has 3 rings (SSSR count). The van der Waals surface area contributed by atoms with Gasteiger partial charge in [0.25, 0.3) is 0 Å². The number of hydrogen-bond acceptors (Lipinski definition) is 6. The van der Waals surface area contributed by atoms with Crippen molar-refractivity contribution in [1.82, 2.24) is 15.5 Å². The summed E-state index contributed by atoms with van der Waals surface area (Å²) in [6.07, 6.45) is 5.56. The Labute approximate surface area is 150 Å². The summed E-state index contributed by atoms with van der Waals surface area (Å²) in [5.74, 6) is -1.88. The van der Waals surface area contributed by atoms with Gasteiger partial charge >= 0.3 is 0 Å². The van der Waals surface area contributed by atoms with E-state index in [1.165, 1.54) is 12.0 Å². The molecule has 26 heavy (non-hydrogen) atoms. The van der Waals surface area contributed by atoms with E-state index in [0.717, 1.165) is 0 Å². The van der Waals surface area contributed by atoms with E-state index in [0.29, 0.717) is 11.5 Å². The van der Waals surface area contributed by atoms with E-state index in [1.54, 1.807) is 25.2 Å². The van der Waals surface area contributed by atoms with Gasteiger partial charge in [-0.25, -0.2) is 0 Å². The first-order chi connectivity index (χ1) is 12.4. The first kappa shape index (κ1) is 18.0. The Kier molecular flexibility index (Phi) is 4.99. The monoisotopic (exact) mass is 360 g/mol. The van der Waals surface area contributed by atoms with Gasteiger partial charge in [0.1, 0.15) is 24.4 Å². The lowest BCUT2D eigenvalue weighted by atomic mass is 9.87. The molecule has 0 saturated carbocycles. The van der Waals surface area contributed by atoms with Gasteiger partial charge in [0, 0.05) is 19.2 Å². The highest BCUT2D eigenvalue weighted by molar-refractivity contribution is 6.09. The minimum absolute atomic E-state index is 0.133. The minimum Gasteiger partial charge on any atom is -0.375 e. The summed E-state index contributed by atoms with van der Waals surface area (Å²) in [6, 6.07) is -1.23. The van der Waals surface area contributed by atoms with Crippen molar-refractivity contribution in [3.63, 3.8) is 0 Å². The van der Waals surface area contributed by atoms with E-state index in [-0.39, 0.29) is 37.2 Å². The van der Waals surface area contributed by atoms with Crippen molar-refractivity contribution in [2.24, 2.45) is 10.9 Å². The zero-order valence-corrected chi connectivity index (χ0v) is 14.5. The number of nitrogens with zero attached hydrogens (tertiary/aromatic N) is 2. The summed E-state index contributed by atoms with van der Waals surface area (Å²) in [5.41, 5.74) is 0.415. The van der Waals surface area contributed by atoms with Gasteiger partial charge in [-0.2, -0.15) is 0 Å². The summed E-state index contributed by atoms with van der Waals surface area (Å²) in [4.78, 5) is 54.5. The van der Waals surface area contributed by atoms with Crippen molar-refractivity contribution in [2.75, 3.05) is 13.7 Å². The molecule has 3 unspecified atom stereocenters. The topological polar surface area (TPSA) is 117 Å². The van der Waals surface area contributed by atoms with Gasteiger partial charge in [-0.3, -0.25) is 34.4 Å². The second-order valence-electron chi connectivity index (χ2n) is 6.31. The number of amidine groups is 1. The zero-order chi connectivity index (χ0) is 18.8. The third kappa shape index (κ3) is 3.30. The van der Waals surface area contributed by atoms with Crippen LogP contribution in [0.15, 0.2) is 28.9 Å². The van der Waals surface area contributed by atoms with Gasteiger partial charge in [0.2, 0.25) is 23.6 Å². The first-order valence-electron chi connectivity index (χ1n) is 8.30. The number of amides is 4. The molecule has 1 saturated heterocycles. The number of allylic oxidation sites excluding steroid dienone is 2. The van der Waals surface area contributed by atoms with Crippen LogP contribution < -0.4 is 10.6 Å². The first-order valence-corrected chi connectivity index (χ1v) is 8.30. The quantitative estimate of drug-likeness (QED) is 0.640. The predicted molar refractivity (Wildman–Crippen MR) is 90.6 cm³/mol. The fraction of sp³-hybridized carbons (Fsp3) is 0.471. The number of aliphatic imine (C=N–C) groups is 1. The zero-order valence-electron chi connectivity index (χ0n) is 14.5. The molecule has 0 aromatic rings. The van der Waals surface area contributed by atoms with E-state index in [4.69, 9.17) is 4.74 Å². The highest BCUT2D eigenvalue weighted by Crippen LogP contribution is 2.30. The Morgan fingerprint density at radius 2 is 2.19 bits per heavy atom. The van der Waals surface area contributed by atoms with E-state index in [9.17, 15) is 19.2 Å². The third-order valence-electron chi connectivity index (χ3n) is 4.53. The number of methoxy groups -OCH3 is 1. The third-order valence-corrected chi connectivity index (χ3v) is 4.53. The number of rotatable bonds is 4. The number of imide groups is 1. The van der Waals surface area contributed by atoms with Gasteiger partial charge in [-0.15, -0.1) is 0 Å². The second-order valence-corrected chi connectivity index (χ2v) is 6.31. The Bertz CT molecular complexity index is 754. The average molecular weight is 360 g/mol. The highest BCUT2D eigenvalue weighted by atomic mass is 16.5. The summed E-state index contributed by atoms with van der Waals surface area (Å²) >= 11 is 0. The Hall–Kier alpha value is -2.81. The predicted octanol–water partition coefficient (Wildman–Crippen LogP) is -0.747. The van der Waals surface area contributed by atoms with Gasteiger partial charge in [-0.1, -0.05) is 12.2 Å². The molecule has 9 heteroatoms. The van der Waals surface area contributed by atoms with Crippen molar-refractivity contribution >= 4 is 29.5 Å². The molecule has 3 aliphatic rings. The van der Waals surface area contributed by atoms with Crippen LogP contribution in [-0.4, -0.2) is 60.2 Å². The summed E-state index contributed by atoms with van der Waals surface area (Å²) in [7, 11) is 1.40. The molecule has 138 valence electrons. The maximum Gasteiger partial charge on any atom is 0.250 e. The molecule has 0 spiro atoms. The number of ether oxygens (including phenoxy) is 1. The molecular formula is C17H20N4O5. The molecule has 0 aromatic heterocycles. The van der Waals surface area contributed by atoms with Gasteiger partial charge in [0.05, 0.1) is 6.04 Å². The Morgan fingerprint density at radius 1 is 1.42 bits per heavy atom. The molecule has 0 bridgehead atoms. The van der Waals surface area contributed by atoms with Gasteiger partial charge in [-0.05, 0) is 19.4 Å². The maximum absolute atomic E-state index is 13.2. The highest BCUT2D eigenvalue weighted by Gasteiger charge is 2.45. The molecule has 1 fully saturated rings. The van der Waals surface area contributed by atoms with E-state index < -0.39 is 23.9 Å². The molecule has 2 heterocycles. The standard InChI is InChI=1S/C17H20N4O5/c1-9-18-10-4-3-5-11(19-14(23)8-26-2)15(10)17(25)21(9)12-6-7-13(22)20-16(12)24/h3-5,10,12,15H,6-8H2,1-2H3,(H,19,23)(H,20,22,24). The fourth-order valence-corrected chi connectivity index (χ4v) is 3.41. The van der Waals surface area contributed by atoms with Crippen LogP contribution in [0.2, 0.25) is 0 Å². The largest absolute Gasteiger partial charge is 0.375 e. The molecule has 9 nitrogen and oxygen atoms in total. The molecule has 0 aromatic carbocycles. The van der Waals surface area contributed by atoms with Crippen molar-refractivity contribution < 1.29 is 23.9 Å². The smallest absolute Gasteiger partial charge is 0.250 e. The maximum atomic E-state index is 13.2. The molecule has 1 aliphatic carbocycles. The van der Waals surface area contributed by atoms with Gasteiger partial charge in [0.15, 0.2) is 0 Å².